The average Bonchev–Trinajstić information content (AvgIpc) is 2.90. The zero-order valence-corrected chi connectivity index (χ0v) is 15.4. The molecule has 0 aliphatic heterocycles. The van der Waals surface area contributed by atoms with Crippen LogP contribution in [0.5, 0.6) is 0 Å². The van der Waals surface area contributed by atoms with E-state index in [2.05, 4.69) is 42.3 Å². The second-order valence-electron chi connectivity index (χ2n) is 6.68. The lowest BCUT2D eigenvalue weighted by Crippen LogP contribution is -2.37. The molecular weight excluding hydrogens is 268 g/mol. The number of aromatic nitrogens is 2. The summed E-state index contributed by atoms with van der Waals surface area (Å²) in [5, 5.41) is 0. The van der Waals surface area contributed by atoms with Crippen molar-refractivity contribution >= 4 is 0 Å². The minimum absolute atomic E-state index is 1.17. The largest absolute Gasteiger partial charge is 0.256 e. The number of hydrogen-bond donors (Lipinski definition) is 0. The molecule has 0 aliphatic rings. The topological polar surface area (TPSA) is 8.81 Å². The first-order valence-electron chi connectivity index (χ1n) is 9.90. The predicted molar refractivity (Wildman–Crippen MR) is 96.1 cm³/mol. The second kappa shape index (κ2) is 12.7. The molecule has 2 nitrogen and oxygen atoms in total. The molecule has 0 aromatic carbocycles. The smallest absolute Gasteiger partial charge is 0.234 e. The fraction of sp³-hybridized carbons (Fsp3) is 0.850. The number of imidazole rings is 1. The van der Waals surface area contributed by atoms with Gasteiger partial charge in [-0.25, -0.2) is 9.13 Å². The quantitative estimate of drug-likeness (QED) is 0.309. The van der Waals surface area contributed by atoms with Gasteiger partial charge in [0.1, 0.15) is 12.4 Å². The molecule has 0 bridgehead atoms. The molecule has 0 fully saturated rings. The van der Waals surface area contributed by atoms with Gasteiger partial charge >= 0.3 is 0 Å². The maximum Gasteiger partial charge on any atom is 0.256 e. The highest BCUT2D eigenvalue weighted by atomic mass is 15.1. The molecule has 128 valence electrons. The van der Waals surface area contributed by atoms with E-state index in [0.717, 1.165) is 0 Å². The van der Waals surface area contributed by atoms with Gasteiger partial charge in [0.05, 0.1) is 13.1 Å². The summed E-state index contributed by atoms with van der Waals surface area (Å²) in [7, 11) is 0. The number of aryl methyl sites for hydroxylation is 2. The fourth-order valence-electron chi connectivity index (χ4n) is 3.21. The summed E-state index contributed by atoms with van der Waals surface area (Å²) in [4.78, 5) is 0. The minimum Gasteiger partial charge on any atom is -0.234 e. The summed E-state index contributed by atoms with van der Waals surface area (Å²) in [5.41, 5.74) is 0. The van der Waals surface area contributed by atoms with Crippen molar-refractivity contribution < 1.29 is 4.57 Å². The summed E-state index contributed by atoms with van der Waals surface area (Å²) in [6.07, 6.45) is 20.8. The molecule has 1 aromatic rings. The van der Waals surface area contributed by atoms with Crippen molar-refractivity contribution in [2.45, 2.75) is 111 Å². The first-order valence-corrected chi connectivity index (χ1v) is 9.90. The van der Waals surface area contributed by atoms with Crippen molar-refractivity contribution in [2.24, 2.45) is 0 Å². The van der Waals surface area contributed by atoms with Gasteiger partial charge in [-0.15, -0.1) is 0 Å². The standard InChI is InChI=1S/C20H39N2/c1-4-7-9-11-12-13-15-20-21(16-6-3)18-19-22(20)17-14-10-8-5-2/h18-19H,4-17H2,1-3H3/q+1. The lowest BCUT2D eigenvalue weighted by molar-refractivity contribution is -0.703. The van der Waals surface area contributed by atoms with Gasteiger partial charge in [-0.1, -0.05) is 65.7 Å². The minimum atomic E-state index is 1.17. The zero-order valence-electron chi connectivity index (χ0n) is 15.4. The van der Waals surface area contributed by atoms with E-state index in [-0.39, 0.29) is 0 Å². The maximum absolute atomic E-state index is 2.53. The molecular formula is C20H39N2+. The van der Waals surface area contributed by atoms with Gasteiger partial charge in [-0.05, 0) is 25.7 Å². The third-order valence-corrected chi connectivity index (χ3v) is 4.56. The molecule has 0 saturated heterocycles. The van der Waals surface area contributed by atoms with Crippen LogP contribution in [0.2, 0.25) is 0 Å². The Balaban J connectivity index is 2.43. The van der Waals surface area contributed by atoms with Crippen LogP contribution in [0.3, 0.4) is 0 Å². The van der Waals surface area contributed by atoms with Crippen molar-refractivity contribution in [3.8, 4) is 0 Å². The van der Waals surface area contributed by atoms with Crippen molar-refractivity contribution in [3.63, 3.8) is 0 Å². The molecule has 0 atom stereocenters. The van der Waals surface area contributed by atoms with E-state index in [4.69, 9.17) is 0 Å². The van der Waals surface area contributed by atoms with E-state index in [1.54, 1.807) is 5.82 Å². The molecule has 0 saturated carbocycles. The van der Waals surface area contributed by atoms with Crippen LogP contribution in [0.4, 0.5) is 0 Å². The fourth-order valence-corrected chi connectivity index (χ4v) is 3.21. The molecule has 0 aliphatic carbocycles. The molecule has 1 rings (SSSR count). The molecule has 0 radical (unpaired) electrons. The van der Waals surface area contributed by atoms with Gasteiger partial charge in [-0.2, -0.15) is 0 Å². The van der Waals surface area contributed by atoms with Gasteiger partial charge in [0.25, 0.3) is 5.82 Å². The van der Waals surface area contributed by atoms with Crippen LogP contribution in [0.1, 0.15) is 97.2 Å². The Bertz CT molecular complexity index is 368. The SMILES string of the molecule is CCCCCCCCc1n(CCCCCC)cc[n+]1CCC. The highest BCUT2D eigenvalue weighted by molar-refractivity contribution is 4.84. The van der Waals surface area contributed by atoms with E-state index >= 15 is 0 Å². The molecule has 22 heavy (non-hydrogen) atoms. The predicted octanol–water partition coefficient (Wildman–Crippen LogP) is 5.67. The Labute approximate surface area is 138 Å². The van der Waals surface area contributed by atoms with Crippen molar-refractivity contribution in [3.05, 3.63) is 18.2 Å². The lowest BCUT2D eigenvalue weighted by atomic mass is 10.1. The van der Waals surface area contributed by atoms with Crippen LogP contribution in [-0.2, 0) is 19.5 Å². The van der Waals surface area contributed by atoms with E-state index in [9.17, 15) is 0 Å². The van der Waals surface area contributed by atoms with Gasteiger partial charge in [0.2, 0.25) is 0 Å². The summed E-state index contributed by atoms with van der Waals surface area (Å²) in [6.45, 7) is 9.24. The summed E-state index contributed by atoms with van der Waals surface area (Å²) < 4.78 is 5.02. The van der Waals surface area contributed by atoms with Crippen LogP contribution < -0.4 is 4.57 Å². The number of nitrogens with zero attached hydrogens (tertiary/aromatic N) is 2. The van der Waals surface area contributed by atoms with Crippen LogP contribution in [-0.4, -0.2) is 4.57 Å². The Morgan fingerprint density at radius 2 is 1.41 bits per heavy atom. The van der Waals surface area contributed by atoms with E-state index in [1.807, 2.05) is 0 Å². The number of hydrogen-bond acceptors (Lipinski definition) is 0. The van der Waals surface area contributed by atoms with E-state index < -0.39 is 0 Å². The maximum atomic E-state index is 2.53. The lowest BCUT2D eigenvalue weighted by Gasteiger charge is -2.05. The van der Waals surface area contributed by atoms with Gasteiger partial charge in [0.15, 0.2) is 0 Å². The Kier molecular flexibility index (Phi) is 11.1. The van der Waals surface area contributed by atoms with Crippen LogP contribution in [0.15, 0.2) is 12.4 Å². The number of unbranched alkanes of at least 4 members (excludes halogenated alkanes) is 8. The summed E-state index contributed by atoms with van der Waals surface area (Å²) >= 11 is 0. The Hall–Kier alpha value is -0.790. The van der Waals surface area contributed by atoms with Crippen LogP contribution in [0.25, 0.3) is 0 Å². The molecule has 2 heteroatoms. The molecule has 0 amide bonds. The molecule has 1 heterocycles. The van der Waals surface area contributed by atoms with Gasteiger partial charge in [0, 0.05) is 6.42 Å². The third-order valence-electron chi connectivity index (χ3n) is 4.56. The first-order chi connectivity index (χ1) is 10.8. The van der Waals surface area contributed by atoms with E-state index in [0.29, 0.717) is 0 Å². The van der Waals surface area contributed by atoms with Crippen LogP contribution in [0, 0.1) is 0 Å². The summed E-state index contributed by atoms with van der Waals surface area (Å²) in [5.74, 6) is 1.56. The first kappa shape index (κ1) is 19.3. The zero-order chi connectivity index (χ0) is 16.0. The number of rotatable bonds is 14. The molecule has 1 aromatic heterocycles. The molecule has 0 N–H and O–H groups in total. The summed E-state index contributed by atoms with van der Waals surface area (Å²) in [6, 6.07) is 0. The second-order valence-corrected chi connectivity index (χ2v) is 6.68. The highest BCUT2D eigenvalue weighted by Gasteiger charge is 2.15. The average molecular weight is 308 g/mol. The van der Waals surface area contributed by atoms with Crippen molar-refractivity contribution in [1.82, 2.24) is 4.57 Å². The molecule has 0 unspecified atom stereocenters. The van der Waals surface area contributed by atoms with Crippen LogP contribution >= 0.6 is 0 Å². The van der Waals surface area contributed by atoms with Crippen molar-refractivity contribution in [1.29, 1.82) is 0 Å². The van der Waals surface area contributed by atoms with Gasteiger partial charge in [-0.3, -0.25) is 0 Å². The Morgan fingerprint density at radius 1 is 0.773 bits per heavy atom. The van der Waals surface area contributed by atoms with Crippen molar-refractivity contribution in [2.75, 3.05) is 0 Å². The highest BCUT2D eigenvalue weighted by Crippen LogP contribution is 2.10. The Morgan fingerprint density at radius 3 is 2.09 bits per heavy atom. The molecule has 0 spiro atoms. The third kappa shape index (κ3) is 7.47. The monoisotopic (exact) mass is 307 g/mol. The van der Waals surface area contributed by atoms with Gasteiger partial charge < -0.3 is 0 Å². The van der Waals surface area contributed by atoms with E-state index in [1.165, 1.54) is 90.1 Å². The normalized spacial score (nSPS) is 11.2.